The summed E-state index contributed by atoms with van der Waals surface area (Å²) < 4.78 is 16.8. The van der Waals surface area contributed by atoms with Crippen molar-refractivity contribution in [2.45, 2.75) is 26.3 Å². The van der Waals surface area contributed by atoms with Gasteiger partial charge in [0.15, 0.2) is 11.5 Å². The van der Waals surface area contributed by atoms with Crippen molar-refractivity contribution in [2.75, 3.05) is 53.1 Å². The zero-order valence-electron chi connectivity index (χ0n) is 21.2. The average Bonchev–Trinajstić information content (AvgIpc) is 3.16. The van der Waals surface area contributed by atoms with E-state index in [1.54, 1.807) is 36.3 Å². The van der Waals surface area contributed by atoms with Crippen LogP contribution in [0.1, 0.15) is 36.1 Å². The lowest BCUT2D eigenvalue weighted by Gasteiger charge is -2.31. The zero-order chi connectivity index (χ0) is 25.7. The highest BCUT2D eigenvalue weighted by molar-refractivity contribution is 6.46. The second kappa shape index (κ2) is 11.6. The fourth-order valence-corrected chi connectivity index (χ4v) is 4.58. The molecule has 0 unspecified atom stereocenters. The molecule has 8 nitrogen and oxygen atoms in total. The second-order valence-electron chi connectivity index (χ2n) is 9.07. The van der Waals surface area contributed by atoms with Gasteiger partial charge in [-0.2, -0.15) is 0 Å². The first-order chi connectivity index (χ1) is 17.4. The van der Waals surface area contributed by atoms with E-state index in [9.17, 15) is 14.7 Å². The van der Waals surface area contributed by atoms with Crippen molar-refractivity contribution in [2.24, 2.45) is 0 Å². The van der Waals surface area contributed by atoms with Gasteiger partial charge in [-0.1, -0.05) is 42.8 Å². The number of ketones is 1. The highest BCUT2D eigenvalue weighted by Gasteiger charge is 2.46. The Morgan fingerprint density at radius 1 is 1.06 bits per heavy atom. The Labute approximate surface area is 212 Å². The van der Waals surface area contributed by atoms with Crippen LogP contribution >= 0.6 is 0 Å². The molecular weight excluding hydrogens is 460 g/mol. The Kier molecular flexibility index (Phi) is 8.28. The number of rotatable bonds is 9. The SMILES string of the molecule is CCCOc1ccc([C@@H]2C(=C(O)c3ccc(C)cc3)C(=O)C(=O)N2CCN2CCOCC2)cc1OC. The third-order valence-corrected chi connectivity index (χ3v) is 6.59. The molecule has 2 aliphatic rings. The van der Waals surface area contributed by atoms with Gasteiger partial charge in [0.2, 0.25) is 0 Å². The smallest absolute Gasteiger partial charge is 0.295 e. The maximum Gasteiger partial charge on any atom is 0.295 e. The number of ether oxygens (including phenoxy) is 3. The van der Waals surface area contributed by atoms with Crippen molar-refractivity contribution in [1.82, 2.24) is 9.80 Å². The van der Waals surface area contributed by atoms with Crippen LogP contribution in [0.5, 0.6) is 11.5 Å². The first-order valence-electron chi connectivity index (χ1n) is 12.4. The van der Waals surface area contributed by atoms with Gasteiger partial charge >= 0.3 is 0 Å². The number of aryl methyl sites for hydroxylation is 1. The van der Waals surface area contributed by atoms with Crippen LogP contribution in [0.3, 0.4) is 0 Å². The quantitative estimate of drug-likeness (QED) is 0.324. The molecule has 0 saturated carbocycles. The molecule has 1 atom stereocenters. The molecule has 2 aromatic rings. The number of carbonyl (C=O) groups is 2. The molecule has 36 heavy (non-hydrogen) atoms. The van der Waals surface area contributed by atoms with Gasteiger partial charge in [0, 0.05) is 31.7 Å². The summed E-state index contributed by atoms with van der Waals surface area (Å²) in [6, 6.07) is 11.9. The predicted molar refractivity (Wildman–Crippen MR) is 136 cm³/mol. The normalized spacial score (nSPS) is 20.1. The van der Waals surface area contributed by atoms with Crippen LogP contribution in [0, 0.1) is 6.92 Å². The minimum atomic E-state index is -0.749. The Balaban J connectivity index is 1.75. The van der Waals surface area contributed by atoms with Crippen LogP contribution in [-0.4, -0.2) is 79.7 Å². The number of carbonyl (C=O) groups excluding carboxylic acids is 2. The lowest BCUT2D eigenvalue weighted by molar-refractivity contribution is -0.140. The van der Waals surface area contributed by atoms with Gasteiger partial charge in [-0.25, -0.2) is 0 Å². The van der Waals surface area contributed by atoms with Gasteiger partial charge in [0.25, 0.3) is 11.7 Å². The van der Waals surface area contributed by atoms with Crippen molar-refractivity contribution >= 4 is 17.4 Å². The number of Topliss-reactive ketones (excluding diaryl/α,β-unsaturated/α-hetero) is 1. The van der Waals surface area contributed by atoms with Crippen molar-refractivity contribution in [3.05, 3.63) is 64.7 Å². The molecule has 2 fully saturated rings. The first kappa shape index (κ1) is 25.7. The second-order valence-corrected chi connectivity index (χ2v) is 9.07. The zero-order valence-corrected chi connectivity index (χ0v) is 21.2. The van der Waals surface area contributed by atoms with Crippen LogP contribution < -0.4 is 9.47 Å². The number of benzene rings is 2. The van der Waals surface area contributed by atoms with Crippen LogP contribution in [0.4, 0.5) is 0 Å². The van der Waals surface area contributed by atoms with Crippen LogP contribution in [0.25, 0.3) is 5.76 Å². The molecule has 8 heteroatoms. The Bertz CT molecular complexity index is 1120. The van der Waals surface area contributed by atoms with Gasteiger partial charge in [0.1, 0.15) is 5.76 Å². The van der Waals surface area contributed by atoms with E-state index in [0.717, 1.165) is 25.1 Å². The summed E-state index contributed by atoms with van der Waals surface area (Å²) >= 11 is 0. The molecule has 1 amide bonds. The monoisotopic (exact) mass is 494 g/mol. The summed E-state index contributed by atoms with van der Waals surface area (Å²) in [7, 11) is 1.56. The number of methoxy groups -OCH3 is 1. The number of morpholine rings is 1. The molecule has 0 radical (unpaired) electrons. The van der Waals surface area contributed by atoms with E-state index in [4.69, 9.17) is 14.2 Å². The van der Waals surface area contributed by atoms with Crippen molar-refractivity contribution in [1.29, 1.82) is 0 Å². The minimum absolute atomic E-state index is 0.0788. The maximum absolute atomic E-state index is 13.3. The molecule has 4 rings (SSSR count). The maximum atomic E-state index is 13.3. The first-order valence-corrected chi connectivity index (χ1v) is 12.4. The van der Waals surface area contributed by atoms with Gasteiger partial charge < -0.3 is 24.2 Å². The molecule has 2 heterocycles. The summed E-state index contributed by atoms with van der Waals surface area (Å²) in [5.41, 5.74) is 2.27. The van der Waals surface area contributed by atoms with Gasteiger partial charge in [0.05, 0.1) is 38.5 Å². The molecule has 0 bridgehead atoms. The fraction of sp³-hybridized carbons (Fsp3) is 0.429. The molecule has 0 aliphatic carbocycles. The third-order valence-electron chi connectivity index (χ3n) is 6.59. The molecule has 2 saturated heterocycles. The van der Waals surface area contributed by atoms with E-state index in [0.29, 0.717) is 55.5 Å². The summed E-state index contributed by atoms with van der Waals surface area (Å²) in [6.45, 7) is 8.29. The number of hydrogen-bond donors (Lipinski definition) is 1. The minimum Gasteiger partial charge on any atom is -0.507 e. The number of likely N-dealkylation sites (tertiary alicyclic amines) is 1. The highest BCUT2D eigenvalue weighted by atomic mass is 16.5. The lowest BCUT2D eigenvalue weighted by Crippen LogP contribution is -2.42. The summed E-state index contributed by atoms with van der Waals surface area (Å²) in [4.78, 5) is 30.3. The summed E-state index contributed by atoms with van der Waals surface area (Å²) in [6.07, 6.45) is 0.850. The van der Waals surface area contributed by atoms with E-state index < -0.39 is 17.7 Å². The number of aliphatic hydroxyl groups excluding tert-OH is 1. The Morgan fingerprint density at radius 2 is 1.78 bits per heavy atom. The largest absolute Gasteiger partial charge is 0.507 e. The molecule has 2 aromatic carbocycles. The topological polar surface area (TPSA) is 88.5 Å². The van der Waals surface area contributed by atoms with Crippen molar-refractivity contribution < 1.29 is 28.9 Å². The standard InChI is InChI=1S/C28H34N2O6/c1-4-15-36-22-10-9-21(18-23(22)34-3)25-24(26(31)20-7-5-19(2)6-8-20)27(32)28(33)30(25)12-11-29-13-16-35-17-14-29/h5-10,18,25,31H,4,11-17H2,1-3H3/t25-/m1/s1. The van der Waals surface area contributed by atoms with E-state index in [1.807, 2.05) is 32.0 Å². The lowest BCUT2D eigenvalue weighted by atomic mass is 9.94. The molecule has 0 spiro atoms. The van der Waals surface area contributed by atoms with E-state index in [1.165, 1.54) is 0 Å². The van der Waals surface area contributed by atoms with Crippen LogP contribution in [-0.2, 0) is 14.3 Å². The average molecular weight is 495 g/mol. The molecule has 2 aliphatic heterocycles. The number of hydrogen-bond acceptors (Lipinski definition) is 7. The molecule has 1 N–H and O–H groups in total. The summed E-state index contributed by atoms with van der Waals surface area (Å²) in [5, 5.41) is 11.3. The van der Waals surface area contributed by atoms with E-state index in [-0.39, 0.29) is 11.3 Å². The van der Waals surface area contributed by atoms with E-state index >= 15 is 0 Å². The van der Waals surface area contributed by atoms with Crippen LogP contribution in [0.15, 0.2) is 48.0 Å². The van der Waals surface area contributed by atoms with Crippen molar-refractivity contribution in [3.63, 3.8) is 0 Å². The third kappa shape index (κ3) is 5.39. The van der Waals surface area contributed by atoms with Crippen molar-refractivity contribution in [3.8, 4) is 11.5 Å². The number of nitrogens with zero attached hydrogens (tertiary/aromatic N) is 2. The Morgan fingerprint density at radius 3 is 2.44 bits per heavy atom. The molecule has 192 valence electrons. The number of aliphatic hydroxyl groups is 1. The summed E-state index contributed by atoms with van der Waals surface area (Å²) in [5.74, 6) is -0.392. The van der Waals surface area contributed by atoms with Crippen LogP contribution in [0.2, 0.25) is 0 Å². The Hall–Kier alpha value is -3.36. The van der Waals surface area contributed by atoms with Gasteiger partial charge in [-0.3, -0.25) is 14.5 Å². The molecular formula is C28H34N2O6. The van der Waals surface area contributed by atoms with Gasteiger partial charge in [-0.05, 0) is 31.0 Å². The van der Waals surface area contributed by atoms with Gasteiger partial charge in [-0.15, -0.1) is 0 Å². The number of amides is 1. The predicted octanol–water partition coefficient (Wildman–Crippen LogP) is 3.55. The van der Waals surface area contributed by atoms with E-state index in [2.05, 4.69) is 4.90 Å². The molecule has 0 aromatic heterocycles. The highest BCUT2D eigenvalue weighted by Crippen LogP contribution is 2.42. The fourth-order valence-electron chi connectivity index (χ4n) is 4.58.